The molecule has 15 nitrogen and oxygen atoms in total. The lowest BCUT2D eigenvalue weighted by molar-refractivity contribution is -0.384. The van der Waals surface area contributed by atoms with Gasteiger partial charge in [-0.25, -0.2) is 27.5 Å². The molecule has 0 spiro atoms. The van der Waals surface area contributed by atoms with Crippen LogP contribution in [0.15, 0.2) is 95.7 Å². The lowest BCUT2D eigenvalue weighted by Crippen LogP contribution is -2.47. The molecule has 9 rings (SSSR count). The number of piperazine rings is 1. The van der Waals surface area contributed by atoms with Crippen molar-refractivity contribution >= 4 is 72.2 Å². The predicted molar refractivity (Wildman–Crippen MR) is 246 cm³/mol. The summed E-state index contributed by atoms with van der Waals surface area (Å²) in [6, 6.07) is 20.3. The molecule has 3 N–H and O–H groups in total. The zero-order valence-electron chi connectivity index (χ0n) is 35.6. The van der Waals surface area contributed by atoms with Crippen LogP contribution in [0.25, 0.3) is 33.3 Å². The number of H-pyrrole nitrogens is 1. The number of anilines is 2. The smallest absolute Gasteiger partial charge is 0.293 e. The molecule has 6 aromatic rings. The number of sulfonamides is 1. The van der Waals surface area contributed by atoms with Crippen LogP contribution in [-0.4, -0.2) is 102 Å². The monoisotopic (exact) mass is 909 g/mol. The van der Waals surface area contributed by atoms with Gasteiger partial charge in [-0.3, -0.25) is 29.6 Å². The average Bonchev–Trinajstić information content (AvgIpc) is 3.92. The number of fused-ring (bicyclic) bond motifs is 2. The fraction of sp³-hybridized carbons (Fsp3) is 0.370. The molecule has 2 saturated heterocycles. The van der Waals surface area contributed by atoms with E-state index < -0.39 is 37.1 Å². The molecule has 1 aliphatic carbocycles. The molecule has 334 valence electrons. The van der Waals surface area contributed by atoms with Gasteiger partial charge in [0.2, 0.25) is 0 Å². The number of nitro groups is 1. The Morgan fingerprint density at radius 1 is 1.00 bits per heavy atom. The van der Waals surface area contributed by atoms with E-state index in [0.717, 1.165) is 80.2 Å². The third kappa shape index (κ3) is 9.07. The normalized spacial score (nSPS) is 18.1. The van der Waals surface area contributed by atoms with Gasteiger partial charge in [0.05, 0.1) is 26.6 Å². The fourth-order valence-corrected chi connectivity index (χ4v) is 10.1. The molecule has 0 atom stereocenters. The van der Waals surface area contributed by atoms with Crippen molar-refractivity contribution in [3.8, 4) is 5.69 Å². The van der Waals surface area contributed by atoms with Gasteiger partial charge in [-0.2, -0.15) is 0 Å². The highest BCUT2D eigenvalue weighted by Crippen LogP contribution is 2.43. The van der Waals surface area contributed by atoms with E-state index >= 15 is 4.39 Å². The van der Waals surface area contributed by atoms with Gasteiger partial charge in [0.25, 0.3) is 21.6 Å². The van der Waals surface area contributed by atoms with Crippen LogP contribution in [-0.2, 0) is 14.8 Å². The summed E-state index contributed by atoms with van der Waals surface area (Å²) in [5.74, 6) is -0.949. The van der Waals surface area contributed by atoms with Gasteiger partial charge < -0.3 is 15.0 Å². The number of carbonyl (C=O) groups excluding carboxylic acids is 1. The summed E-state index contributed by atoms with van der Waals surface area (Å²) in [6.07, 6.45) is 6.76. The number of nitro benzene ring substituents is 1. The number of amides is 1. The summed E-state index contributed by atoms with van der Waals surface area (Å²) in [4.78, 5) is 38.8. The molecule has 2 aliphatic heterocycles. The maximum absolute atomic E-state index is 15.3. The van der Waals surface area contributed by atoms with Crippen molar-refractivity contribution in [1.82, 2.24) is 29.4 Å². The second kappa shape index (κ2) is 17.3. The third-order valence-electron chi connectivity index (χ3n) is 12.7. The van der Waals surface area contributed by atoms with Gasteiger partial charge >= 0.3 is 0 Å². The quantitative estimate of drug-likeness (QED) is 0.0794. The molecule has 3 aromatic heterocycles. The van der Waals surface area contributed by atoms with Crippen LogP contribution in [0.3, 0.4) is 0 Å². The highest BCUT2D eigenvalue weighted by Gasteiger charge is 2.34. The minimum absolute atomic E-state index is 0.0276. The van der Waals surface area contributed by atoms with E-state index in [1.165, 1.54) is 22.8 Å². The summed E-state index contributed by atoms with van der Waals surface area (Å²) < 4.78 is 52.0. The number of halogens is 2. The number of aromatic nitrogens is 4. The third-order valence-corrected chi connectivity index (χ3v) is 14.3. The minimum atomic E-state index is -4.64. The van der Waals surface area contributed by atoms with Crippen LogP contribution < -0.4 is 14.9 Å². The number of rotatable bonds is 12. The van der Waals surface area contributed by atoms with Crippen molar-refractivity contribution in [2.24, 2.45) is 5.41 Å². The summed E-state index contributed by atoms with van der Waals surface area (Å²) in [6.45, 7) is 8.84. The molecule has 0 radical (unpaired) electrons. The van der Waals surface area contributed by atoms with Gasteiger partial charge in [-0.15, -0.1) is 0 Å². The lowest BCUT2D eigenvalue weighted by atomic mass is 9.72. The molecule has 2 fully saturated rings. The number of hydrogen-bond acceptors (Lipinski definition) is 11. The standard InChI is InChI=1S/C46H49ClFN9O6S/c1-45(2)13-11-32(37(26-45)30-3-5-33(47)6-4-30)28-54-17-19-55(20-18-54)34-7-9-36(40(24-34)56-41-23-31-12-16-49-43(31)52-39(41)27-51-56)44(58)53-64(61,62)35-8-10-38(42(25-35)57(59)60)50-29-46(48)14-21-63-22-15-46/h3-10,12,16,23-25,27,50-51H,11,13-15,17-22,26,28-29H2,1-2H3,(H,53,58). The molecular formula is C46H49ClFN9O6S. The first-order valence-corrected chi connectivity index (χ1v) is 23.3. The number of carbonyl (C=O) groups is 1. The van der Waals surface area contributed by atoms with Gasteiger partial charge in [0, 0.05) is 99.9 Å². The topological polar surface area (TPSA) is 181 Å². The Balaban J connectivity index is 0.977. The number of benzene rings is 3. The molecule has 0 bridgehead atoms. The number of allylic oxidation sites excluding steroid dienone is 1. The van der Waals surface area contributed by atoms with E-state index in [9.17, 15) is 23.3 Å². The number of aromatic amines is 1. The lowest BCUT2D eigenvalue weighted by Gasteiger charge is -2.39. The molecule has 0 saturated carbocycles. The van der Waals surface area contributed by atoms with Crippen LogP contribution in [0.1, 0.15) is 61.9 Å². The molecular weight excluding hydrogens is 861 g/mol. The maximum atomic E-state index is 15.3. The Kier molecular flexibility index (Phi) is 11.7. The molecule has 5 heterocycles. The molecule has 3 aromatic carbocycles. The highest BCUT2D eigenvalue weighted by atomic mass is 35.5. The molecule has 18 heteroatoms. The largest absolute Gasteiger partial charge is 0.381 e. The molecule has 3 aliphatic rings. The highest BCUT2D eigenvalue weighted by molar-refractivity contribution is 7.90. The van der Waals surface area contributed by atoms with Crippen molar-refractivity contribution in [2.45, 2.75) is 56.5 Å². The zero-order chi connectivity index (χ0) is 44.8. The van der Waals surface area contributed by atoms with Crippen LogP contribution in [0.2, 0.25) is 5.02 Å². The predicted octanol–water partition coefficient (Wildman–Crippen LogP) is 8.30. The van der Waals surface area contributed by atoms with Crippen molar-refractivity contribution in [3.63, 3.8) is 0 Å². The number of pyridine rings is 1. The summed E-state index contributed by atoms with van der Waals surface area (Å²) >= 11 is 6.25. The van der Waals surface area contributed by atoms with Crippen molar-refractivity contribution in [3.05, 3.63) is 117 Å². The van der Waals surface area contributed by atoms with E-state index in [0.29, 0.717) is 22.4 Å². The van der Waals surface area contributed by atoms with Gasteiger partial charge in [-0.05, 0) is 90.4 Å². The molecule has 0 unspecified atom stereocenters. The Bertz CT molecular complexity index is 2900. The Hall–Kier alpha value is -5.88. The minimum Gasteiger partial charge on any atom is -0.381 e. The first-order valence-electron chi connectivity index (χ1n) is 21.4. The maximum Gasteiger partial charge on any atom is 0.293 e. The van der Waals surface area contributed by atoms with Crippen molar-refractivity contribution in [2.75, 3.05) is 62.7 Å². The van der Waals surface area contributed by atoms with Crippen molar-refractivity contribution in [1.29, 1.82) is 0 Å². The van der Waals surface area contributed by atoms with E-state index in [4.69, 9.17) is 16.3 Å². The fourth-order valence-electron chi connectivity index (χ4n) is 8.99. The van der Waals surface area contributed by atoms with Gasteiger partial charge in [0.15, 0.2) is 5.65 Å². The molecule has 1 amide bonds. The SMILES string of the molecule is CC1(C)CCC(CN2CCN(c3ccc(C(=O)NS(=O)(=O)c4ccc(NCC5(F)CCOCC5)c([N+](=O)[O-])c4)c(-n4[nH]cc5nc6nccc6cc54)c3)CC2)=C(c2ccc(Cl)cc2)C1. The molecule has 64 heavy (non-hydrogen) atoms. The van der Waals surface area contributed by atoms with E-state index in [2.05, 4.69) is 60.9 Å². The van der Waals surface area contributed by atoms with Crippen LogP contribution >= 0.6 is 11.6 Å². The summed E-state index contributed by atoms with van der Waals surface area (Å²) in [5.41, 5.74) is 5.05. The van der Waals surface area contributed by atoms with E-state index in [-0.39, 0.29) is 49.3 Å². The van der Waals surface area contributed by atoms with Crippen LogP contribution in [0.4, 0.5) is 21.5 Å². The van der Waals surface area contributed by atoms with Gasteiger partial charge in [-0.1, -0.05) is 43.2 Å². The first kappa shape index (κ1) is 43.4. The van der Waals surface area contributed by atoms with E-state index in [1.54, 1.807) is 29.2 Å². The number of ether oxygens (including phenoxy) is 1. The Morgan fingerprint density at radius 3 is 2.52 bits per heavy atom. The second-order valence-corrected chi connectivity index (χ2v) is 19.9. The summed E-state index contributed by atoms with van der Waals surface area (Å²) in [5, 5.41) is 19.6. The van der Waals surface area contributed by atoms with Crippen LogP contribution in [0.5, 0.6) is 0 Å². The first-order chi connectivity index (χ1) is 30.6. The Labute approximate surface area is 374 Å². The second-order valence-electron chi connectivity index (χ2n) is 17.7. The number of hydrogen-bond donors (Lipinski definition) is 3. The number of nitrogens with zero attached hydrogens (tertiary/aromatic N) is 6. The Morgan fingerprint density at radius 2 is 1.77 bits per heavy atom. The summed E-state index contributed by atoms with van der Waals surface area (Å²) in [7, 11) is -4.64. The zero-order valence-corrected chi connectivity index (χ0v) is 37.1. The van der Waals surface area contributed by atoms with Gasteiger partial charge in [0.1, 0.15) is 16.9 Å². The number of nitrogens with one attached hydrogen (secondary N) is 3. The number of alkyl halides is 1. The van der Waals surface area contributed by atoms with Crippen LogP contribution in [0, 0.1) is 15.5 Å². The van der Waals surface area contributed by atoms with E-state index in [1.807, 2.05) is 30.3 Å². The average molecular weight is 910 g/mol. The van der Waals surface area contributed by atoms with Crippen molar-refractivity contribution < 1.29 is 27.3 Å².